The van der Waals surface area contributed by atoms with Gasteiger partial charge in [-0.1, -0.05) is 89.5 Å². The number of carbonyl (C=O) groups is 1. The number of benzene rings is 3. The summed E-state index contributed by atoms with van der Waals surface area (Å²) in [6.45, 7) is 8.07. The fraction of sp³-hybridized carbons (Fsp3) is 0.276. The van der Waals surface area contributed by atoms with Crippen molar-refractivity contribution in [2.24, 2.45) is 0 Å². The van der Waals surface area contributed by atoms with Gasteiger partial charge in [-0.15, -0.1) is 11.8 Å². The van der Waals surface area contributed by atoms with Crippen LogP contribution in [-0.4, -0.2) is 36.3 Å². The molecule has 1 saturated heterocycles. The Morgan fingerprint density at radius 3 is 1.91 bits per heavy atom. The summed E-state index contributed by atoms with van der Waals surface area (Å²) in [4.78, 5) is 15.8. The Morgan fingerprint density at radius 1 is 0.848 bits per heavy atom. The van der Waals surface area contributed by atoms with Crippen LogP contribution in [0.3, 0.4) is 0 Å². The molecule has 3 aromatic carbocycles. The normalized spacial score (nSPS) is 15.5. The third-order valence-electron chi connectivity index (χ3n) is 5.90. The molecular weight excluding hydrogens is 426 g/mol. The Hall–Kier alpha value is -2.82. The van der Waals surface area contributed by atoms with Crippen molar-refractivity contribution in [3.05, 3.63) is 111 Å². The van der Waals surface area contributed by atoms with Gasteiger partial charge in [0.25, 0.3) is 5.91 Å². The molecular formula is C29H31NO2S. The van der Waals surface area contributed by atoms with Crippen molar-refractivity contribution in [2.45, 2.75) is 26.9 Å². The highest BCUT2D eigenvalue weighted by molar-refractivity contribution is 8.04. The molecule has 170 valence electrons. The molecule has 0 spiro atoms. The molecule has 4 rings (SSSR count). The van der Waals surface area contributed by atoms with E-state index >= 15 is 0 Å². The van der Waals surface area contributed by atoms with Gasteiger partial charge in [0.15, 0.2) is 0 Å². The van der Waals surface area contributed by atoms with Crippen molar-refractivity contribution < 1.29 is 9.53 Å². The van der Waals surface area contributed by atoms with E-state index < -0.39 is 0 Å². The van der Waals surface area contributed by atoms with Gasteiger partial charge in [0.2, 0.25) is 0 Å². The van der Waals surface area contributed by atoms with E-state index in [1.165, 1.54) is 16.7 Å². The minimum Gasteiger partial charge on any atom is -0.367 e. The van der Waals surface area contributed by atoms with E-state index in [-0.39, 0.29) is 12.0 Å². The summed E-state index contributed by atoms with van der Waals surface area (Å²) in [5.41, 5.74) is 7.00. The van der Waals surface area contributed by atoms with Crippen molar-refractivity contribution in [1.82, 2.24) is 4.90 Å². The van der Waals surface area contributed by atoms with Crippen LogP contribution in [0.5, 0.6) is 0 Å². The summed E-state index contributed by atoms with van der Waals surface area (Å²) >= 11 is 1.64. The number of carbonyl (C=O) groups excluding carboxylic acids is 1. The Labute approximate surface area is 201 Å². The molecule has 3 aromatic rings. The lowest BCUT2D eigenvalue weighted by molar-refractivity contribution is -0.127. The van der Waals surface area contributed by atoms with Crippen LogP contribution in [0.25, 0.3) is 6.08 Å². The number of nitrogens with zero attached hydrogens (tertiary/aromatic N) is 1. The highest BCUT2D eigenvalue weighted by atomic mass is 32.2. The lowest BCUT2D eigenvalue weighted by atomic mass is 9.99. The molecule has 0 bridgehead atoms. The van der Waals surface area contributed by atoms with E-state index in [9.17, 15) is 4.79 Å². The summed E-state index contributed by atoms with van der Waals surface area (Å²) in [5, 5.41) is 0. The van der Waals surface area contributed by atoms with E-state index in [2.05, 4.69) is 93.6 Å². The van der Waals surface area contributed by atoms with Gasteiger partial charge in [-0.05, 0) is 43.5 Å². The molecule has 1 amide bonds. The molecule has 33 heavy (non-hydrogen) atoms. The molecule has 1 aliphatic heterocycles. The molecule has 0 saturated carbocycles. The predicted molar refractivity (Wildman–Crippen MR) is 138 cm³/mol. The Bertz CT molecular complexity index is 1060. The topological polar surface area (TPSA) is 29.5 Å². The van der Waals surface area contributed by atoms with Gasteiger partial charge in [-0.2, -0.15) is 0 Å². The minimum atomic E-state index is -0.150. The van der Waals surface area contributed by atoms with Crippen molar-refractivity contribution in [3.8, 4) is 0 Å². The van der Waals surface area contributed by atoms with E-state index in [4.69, 9.17) is 4.74 Å². The van der Waals surface area contributed by atoms with Crippen molar-refractivity contribution in [2.75, 3.05) is 25.4 Å². The van der Waals surface area contributed by atoms with Crippen LogP contribution in [-0.2, 0) is 9.53 Å². The van der Waals surface area contributed by atoms with Crippen LogP contribution >= 0.6 is 11.8 Å². The Morgan fingerprint density at radius 2 is 1.36 bits per heavy atom. The third-order valence-corrected chi connectivity index (χ3v) is 6.89. The molecule has 4 heteroatoms. The van der Waals surface area contributed by atoms with E-state index in [0.717, 1.165) is 33.9 Å². The second kappa shape index (κ2) is 10.9. The summed E-state index contributed by atoms with van der Waals surface area (Å²) < 4.78 is 6.39. The lowest BCUT2D eigenvalue weighted by Crippen LogP contribution is -2.39. The molecule has 0 aromatic heterocycles. The highest BCUT2D eigenvalue weighted by Gasteiger charge is 2.24. The first-order valence-corrected chi connectivity index (χ1v) is 12.4. The average Bonchev–Trinajstić information content (AvgIpc) is 2.82. The van der Waals surface area contributed by atoms with E-state index in [1.807, 2.05) is 11.0 Å². The molecule has 1 heterocycles. The molecule has 0 N–H and O–H groups in total. The maximum absolute atomic E-state index is 13.1. The van der Waals surface area contributed by atoms with Gasteiger partial charge >= 0.3 is 0 Å². The van der Waals surface area contributed by atoms with Crippen LogP contribution in [0, 0.1) is 20.8 Å². The summed E-state index contributed by atoms with van der Waals surface area (Å²) in [6, 6.07) is 25.3. The maximum Gasteiger partial charge on any atom is 0.260 e. The zero-order valence-corrected chi connectivity index (χ0v) is 20.4. The third kappa shape index (κ3) is 6.16. The maximum atomic E-state index is 13.1. The standard InChI is InChI=1S/C29H31NO2S/c1-21-4-10-24(11-5-21)20-27-29(31)30(17-19-33-27)16-18-32-28(25-12-6-22(2)7-13-25)26-14-8-23(3)9-15-26/h4-15,20,28H,16-19H2,1-3H3. The minimum absolute atomic E-state index is 0.0950. The highest BCUT2D eigenvalue weighted by Crippen LogP contribution is 2.28. The van der Waals surface area contributed by atoms with Crippen molar-refractivity contribution in [3.63, 3.8) is 0 Å². The number of hydrogen-bond acceptors (Lipinski definition) is 3. The first kappa shape index (κ1) is 23.3. The van der Waals surface area contributed by atoms with Crippen LogP contribution in [0.1, 0.15) is 39.5 Å². The zero-order valence-electron chi connectivity index (χ0n) is 19.6. The summed E-state index contributed by atoms with van der Waals surface area (Å²) in [7, 11) is 0. The molecule has 0 unspecified atom stereocenters. The smallest absolute Gasteiger partial charge is 0.260 e. The van der Waals surface area contributed by atoms with Gasteiger partial charge in [0.1, 0.15) is 6.10 Å². The Balaban J connectivity index is 1.43. The molecule has 0 atom stereocenters. The molecule has 0 radical (unpaired) electrons. The average molecular weight is 458 g/mol. The summed E-state index contributed by atoms with van der Waals surface area (Å²) in [6.07, 6.45) is 1.85. The molecule has 0 aliphatic carbocycles. The fourth-order valence-electron chi connectivity index (χ4n) is 3.86. The lowest BCUT2D eigenvalue weighted by Gasteiger charge is -2.29. The molecule has 3 nitrogen and oxygen atoms in total. The van der Waals surface area contributed by atoms with Crippen LogP contribution in [0.15, 0.2) is 77.7 Å². The van der Waals surface area contributed by atoms with Crippen LogP contribution in [0.2, 0.25) is 0 Å². The molecule has 1 fully saturated rings. The van der Waals surface area contributed by atoms with Crippen molar-refractivity contribution >= 4 is 23.7 Å². The van der Waals surface area contributed by atoms with E-state index in [1.54, 1.807) is 11.8 Å². The van der Waals surface area contributed by atoms with Gasteiger partial charge in [-0.3, -0.25) is 4.79 Å². The zero-order chi connectivity index (χ0) is 23.2. The fourth-order valence-corrected chi connectivity index (χ4v) is 4.87. The predicted octanol–water partition coefficient (Wildman–Crippen LogP) is 6.33. The summed E-state index contributed by atoms with van der Waals surface area (Å²) in [5.74, 6) is 1.00. The van der Waals surface area contributed by atoms with Gasteiger partial charge < -0.3 is 9.64 Å². The number of ether oxygens (including phenoxy) is 1. The van der Waals surface area contributed by atoms with Crippen LogP contribution < -0.4 is 0 Å². The van der Waals surface area contributed by atoms with E-state index in [0.29, 0.717) is 13.2 Å². The number of rotatable bonds is 7. The van der Waals surface area contributed by atoms with Crippen molar-refractivity contribution in [1.29, 1.82) is 0 Å². The van der Waals surface area contributed by atoms with Gasteiger partial charge in [0, 0.05) is 18.8 Å². The second-order valence-corrected chi connectivity index (χ2v) is 9.77. The quantitative estimate of drug-likeness (QED) is 0.388. The second-order valence-electron chi connectivity index (χ2n) is 8.63. The van der Waals surface area contributed by atoms with Gasteiger partial charge in [0.05, 0.1) is 11.5 Å². The number of aryl methyl sites for hydroxylation is 3. The SMILES string of the molecule is Cc1ccc(C=C2SCCN(CCOC(c3ccc(C)cc3)c3ccc(C)cc3)C2=O)cc1. The first-order chi connectivity index (χ1) is 16.0. The number of thioether (sulfide) groups is 1. The monoisotopic (exact) mass is 457 g/mol. The first-order valence-electron chi connectivity index (χ1n) is 11.4. The Kier molecular flexibility index (Phi) is 7.69. The van der Waals surface area contributed by atoms with Gasteiger partial charge in [-0.25, -0.2) is 0 Å². The van der Waals surface area contributed by atoms with Crippen LogP contribution in [0.4, 0.5) is 0 Å². The molecule has 1 aliphatic rings. The number of amides is 1. The largest absolute Gasteiger partial charge is 0.367 e. The number of hydrogen-bond donors (Lipinski definition) is 0.